The summed E-state index contributed by atoms with van der Waals surface area (Å²) in [5.41, 5.74) is 0. The summed E-state index contributed by atoms with van der Waals surface area (Å²) in [4.78, 5) is 14.3. The lowest BCUT2D eigenvalue weighted by atomic mass is 9.96. The molecule has 2 atom stereocenters. The first-order valence-electron chi connectivity index (χ1n) is 5.30. The van der Waals surface area contributed by atoms with Crippen LogP contribution >= 0.6 is 22.9 Å². The van der Waals surface area contributed by atoms with E-state index in [1.165, 1.54) is 11.3 Å². The lowest BCUT2D eigenvalue weighted by Crippen LogP contribution is -2.45. The number of rotatable bonds is 1. The molecule has 16 heavy (non-hydrogen) atoms. The number of thiophene rings is 1. The number of nitrogens with zero attached hydrogens (tertiary/aromatic N) is 1. The van der Waals surface area contributed by atoms with Gasteiger partial charge in [0.25, 0.3) is 5.91 Å². The zero-order chi connectivity index (χ0) is 11.7. The van der Waals surface area contributed by atoms with Crippen LogP contribution in [0.15, 0.2) is 11.4 Å². The van der Waals surface area contributed by atoms with Crippen molar-refractivity contribution >= 4 is 28.8 Å². The van der Waals surface area contributed by atoms with Gasteiger partial charge in [0, 0.05) is 13.1 Å². The molecule has 2 unspecified atom stereocenters. The van der Waals surface area contributed by atoms with Gasteiger partial charge in [-0.05, 0) is 23.8 Å². The van der Waals surface area contributed by atoms with Gasteiger partial charge in [-0.15, -0.1) is 11.3 Å². The molecule has 0 radical (unpaired) electrons. The van der Waals surface area contributed by atoms with Crippen LogP contribution in [0.25, 0.3) is 0 Å². The van der Waals surface area contributed by atoms with E-state index >= 15 is 0 Å². The number of piperidine rings is 1. The summed E-state index contributed by atoms with van der Waals surface area (Å²) in [7, 11) is 0. The van der Waals surface area contributed by atoms with Crippen molar-refractivity contribution in [3.05, 3.63) is 21.3 Å². The zero-order valence-corrected chi connectivity index (χ0v) is 10.6. The second-order valence-electron chi connectivity index (χ2n) is 4.18. The van der Waals surface area contributed by atoms with Crippen LogP contribution in [-0.4, -0.2) is 35.1 Å². The Morgan fingerprint density at radius 1 is 1.69 bits per heavy atom. The van der Waals surface area contributed by atoms with Gasteiger partial charge in [-0.2, -0.15) is 0 Å². The molecule has 3 nitrogen and oxygen atoms in total. The number of aliphatic hydroxyl groups excluding tert-OH is 1. The molecule has 1 aliphatic heterocycles. The largest absolute Gasteiger partial charge is 0.391 e. The molecule has 0 saturated carbocycles. The number of carbonyl (C=O) groups is 1. The highest BCUT2D eigenvalue weighted by Crippen LogP contribution is 2.26. The second kappa shape index (κ2) is 4.73. The van der Waals surface area contributed by atoms with Crippen molar-refractivity contribution in [2.45, 2.75) is 19.4 Å². The van der Waals surface area contributed by atoms with Crippen molar-refractivity contribution in [1.29, 1.82) is 0 Å². The van der Waals surface area contributed by atoms with Crippen molar-refractivity contribution in [3.63, 3.8) is 0 Å². The minimum Gasteiger partial charge on any atom is -0.391 e. The van der Waals surface area contributed by atoms with Gasteiger partial charge in [0.2, 0.25) is 0 Å². The molecule has 1 fully saturated rings. The predicted octanol–water partition coefficient (Wildman–Crippen LogP) is 2.24. The van der Waals surface area contributed by atoms with Gasteiger partial charge < -0.3 is 10.0 Å². The average Bonchev–Trinajstić information content (AvgIpc) is 2.67. The highest BCUT2D eigenvalue weighted by molar-refractivity contribution is 7.12. The SMILES string of the molecule is CC1CCN(C(=O)c2sccc2Cl)CC1O. The molecule has 0 aliphatic carbocycles. The van der Waals surface area contributed by atoms with Crippen molar-refractivity contribution < 1.29 is 9.90 Å². The fourth-order valence-corrected chi connectivity index (χ4v) is 2.93. The second-order valence-corrected chi connectivity index (χ2v) is 5.51. The maximum absolute atomic E-state index is 12.1. The molecule has 1 saturated heterocycles. The van der Waals surface area contributed by atoms with E-state index < -0.39 is 6.10 Å². The first kappa shape index (κ1) is 11.9. The number of carbonyl (C=O) groups excluding carboxylic acids is 1. The minimum atomic E-state index is -0.420. The Labute approximate surface area is 104 Å². The Bertz CT molecular complexity index is 393. The van der Waals surface area contributed by atoms with E-state index in [-0.39, 0.29) is 11.8 Å². The smallest absolute Gasteiger partial charge is 0.265 e. The van der Waals surface area contributed by atoms with Crippen LogP contribution < -0.4 is 0 Å². The number of hydrogen-bond donors (Lipinski definition) is 1. The van der Waals surface area contributed by atoms with Gasteiger partial charge in [-0.25, -0.2) is 0 Å². The van der Waals surface area contributed by atoms with E-state index in [1.807, 2.05) is 6.92 Å². The molecule has 0 aromatic carbocycles. The number of halogens is 1. The van der Waals surface area contributed by atoms with Crippen LogP contribution in [0.5, 0.6) is 0 Å². The lowest BCUT2D eigenvalue weighted by Gasteiger charge is -2.34. The fourth-order valence-electron chi connectivity index (χ4n) is 1.82. The van der Waals surface area contributed by atoms with E-state index in [2.05, 4.69) is 0 Å². The summed E-state index contributed by atoms with van der Waals surface area (Å²) in [5.74, 6) is 0.203. The van der Waals surface area contributed by atoms with Crippen LogP contribution in [-0.2, 0) is 0 Å². The van der Waals surface area contributed by atoms with Gasteiger partial charge in [0.1, 0.15) is 4.88 Å². The van der Waals surface area contributed by atoms with E-state index in [0.717, 1.165) is 6.42 Å². The van der Waals surface area contributed by atoms with Crippen molar-refractivity contribution in [2.24, 2.45) is 5.92 Å². The van der Waals surface area contributed by atoms with Crippen molar-refractivity contribution in [3.8, 4) is 0 Å². The molecular weight excluding hydrogens is 246 g/mol. The highest BCUT2D eigenvalue weighted by Gasteiger charge is 2.29. The van der Waals surface area contributed by atoms with Crippen LogP contribution in [0.4, 0.5) is 0 Å². The minimum absolute atomic E-state index is 0.0639. The van der Waals surface area contributed by atoms with Gasteiger partial charge in [-0.1, -0.05) is 18.5 Å². The Hall–Kier alpha value is -0.580. The quantitative estimate of drug-likeness (QED) is 0.840. The number of hydrogen-bond acceptors (Lipinski definition) is 3. The number of amides is 1. The van der Waals surface area contributed by atoms with Gasteiger partial charge >= 0.3 is 0 Å². The Balaban J connectivity index is 2.09. The lowest BCUT2D eigenvalue weighted by molar-refractivity contribution is 0.0251. The van der Waals surface area contributed by atoms with Crippen LogP contribution in [0.3, 0.4) is 0 Å². The normalized spacial score (nSPS) is 25.8. The summed E-state index contributed by atoms with van der Waals surface area (Å²) in [6, 6.07) is 1.72. The van der Waals surface area contributed by atoms with E-state index in [0.29, 0.717) is 23.0 Å². The molecule has 0 spiro atoms. The summed E-state index contributed by atoms with van der Waals surface area (Å²) < 4.78 is 0. The fraction of sp³-hybridized carbons (Fsp3) is 0.545. The van der Waals surface area contributed by atoms with Crippen molar-refractivity contribution in [1.82, 2.24) is 4.90 Å². The maximum Gasteiger partial charge on any atom is 0.265 e. The van der Waals surface area contributed by atoms with Crippen molar-refractivity contribution in [2.75, 3.05) is 13.1 Å². The number of β-amino-alcohol motifs (C(OH)–C–C–N with tert-alkyl or cyclic N) is 1. The molecule has 1 aromatic heterocycles. The van der Waals surface area contributed by atoms with E-state index in [4.69, 9.17) is 11.6 Å². The summed E-state index contributed by atoms with van der Waals surface area (Å²) in [6.45, 7) is 3.12. The van der Waals surface area contributed by atoms with Gasteiger partial charge in [0.05, 0.1) is 11.1 Å². The first-order chi connectivity index (χ1) is 7.59. The molecule has 5 heteroatoms. The molecule has 1 aliphatic rings. The highest BCUT2D eigenvalue weighted by atomic mass is 35.5. The summed E-state index contributed by atoms with van der Waals surface area (Å²) in [5, 5.41) is 12.0. The number of aliphatic hydroxyl groups is 1. The molecule has 1 N–H and O–H groups in total. The van der Waals surface area contributed by atoms with Crippen LogP contribution in [0.2, 0.25) is 5.02 Å². The third-order valence-electron chi connectivity index (χ3n) is 3.02. The summed E-state index contributed by atoms with van der Waals surface area (Å²) in [6.07, 6.45) is 0.423. The molecule has 2 heterocycles. The molecule has 88 valence electrons. The molecule has 0 bridgehead atoms. The molecular formula is C11H14ClNO2S. The Morgan fingerprint density at radius 3 is 3.00 bits per heavy atom. The van der Waals surface area contributed by atoms with Crippen LogP contribution in [0.1, 0.15) is 23.0 Å². The van der Waals surface area contributed by atoms with E-state index in [1.54, 1.807) is 16.3 Å². The van der Waals surface area contributed by atoms with Crippen LogP contribution in [0, 0.1) is 5.92 Å². The third kappa shape index (κ3) is 2.24. The molecule has 1 aromatic rings. The molecule has 2 rings (SSSR count). The first-order valence-corrected chi connectivity index (χ1v) is 6.55. The average molecular weight is 260 g/mol. The van der Waals surface area contributed by atoms with Gasteiger partial charge in [-0.3, -0.25) is 4.79 Å². The topological polar surface area (TPSA) is 40.5 Å². The van der Waals surface area contributed by atoms with E-state index in [9.17, 15) is 9.90 Å². The maximum atomic E-state index is 12.1. The monoisotopic (exact) mass is 259 g/mol. The Kier molecular flexibility index (Phi) is 3.52. The Morgan fingerprint density at radius 2 is 2.44 bits per heavy atom. The summed E-state index contributed by atoms with van der Waals surface area (Å²) >= 11 is 7.27. The molecule has 1 amide bonds. The predicted molar refractivity (Wildman–Crippen MR) is 65.0 cm³/mol. The standard InChI is InChI=1S/C11H14ClNO2S/c1-7-2-4-13(6-9(7)14)11(15)10-8(12)3-5-16-10/h3,5,7,9,14H,2,4,6H2,1H3. The zero-order valence-electron chi connectivity index (χ0n) is 9.02. The third-order valence-corrected chi connectivity index (χ3v) is 4.35. The number of likely N-dealkylation sites (tertiary alicyclic amines) is 1. The van der Waals surface area contributed by atoms with Gasteiger partial charge in [0.15, 0.2) is 0 Å².